The fourth-order valence-corrected chi connectivity index (χ4v) is 7.08. The molecule has 0 bridgehead atoms. The van der Waals surface area contributed by atoms with Gasteiger partial charge in [0, 0.05) is 13.5 Å². The Morgan fingerprint density at radius 2 is 1.30 bits per heavy atom. The molecule has 0 unspecified atom stereocenters. The van der Waals surface area contributed by atoms with Crippen molar-refractivity contribution in [2.75, 3.05) is 0 Å². The van der Waals surface area contributed by atoms with E-state index in [1.165, 1.54) is 0 Å². The number of furan rings is 1. The van der Waals surface area contributed by atoms with E-state index in [9.17, 15) is 7.13 Å². The van der Waals surface area contributed by atoms with E-state index in [2.05, 4.69) is 53.1 Å². The smallest absolute Gasteiger partial charge is 0.149 e. The van der Waals surface area contributed by atoms with Crippen LogP contribution in [0.15, 0.2) is 132 Å². The summed E-state index contributed by atoms with van der Waals surface area (Å²) in [6.45, 7) is 10.6. The molecule has 0 radical (unpaired) electrons. The summed E-state index contributed by atoms with van der Waals surface area (Å²) in [5.74, 6) is -1.45. The Morgan fingerprint density at radius 3 is 1.98 bits per heavy atom. The minimum atomic E-state index is -1.46. The van der Waals surface area contributed by atoms with Gasteiger partial charge in [0.1, 0.15) is 22.7 Å². The van der Waals surface area contributed by atoms with Crippen LogP contribution in [-0.2, 0) is 5.67 Å². The van der Waals surface area contributed by atoms with E-state index in [1.807, 2.05) is 107 Å². The molecule has 0 aliphatic heterocycles. The number of nitrogens with zero attached hydrogens (tertiary/aromatic N) is 2. The molecule has 0 aliphatic rings. The van der Waals surface area contributed by atoms with Crippen molar-refractivity contribution >= 4 is 33.0 Å². The summed E-state index contributed by atoms with van der Waals surface area (Å²) in [4.78, 5) is 5.25. The Bertz CT molecular complexity index is 2580. The van der Waals surface area contributed by atoms with Crippen LogP contribution in [-0.4, -0.2) is 9.55 Å². The van der Waals surface area contributed by atoms with Crippen molar-refractivity contribution in [3.05, 3.63) is 144 Å². The summed E-state index contributed by atoms with van der Waals surface area (Å²) < 4.78 is 42.7. The molecule has 0 spiro atoms. The third kappa shape index (κ3) is 5.40. The average molecular weight is 659 g/mol. The zero-order valence-corrected chi connectivity index (χ0v) is 29.3. The molecule has 6 aromatic carbocycles. The van der Waals surface area contributed by atoms with Gasteiger partial charge in [-0.15, -0.1) is 0 Å². The molecule has 0 saturated carbocycles. The van der Waals surface area contributed by atoms with Crippen molar-refractivity contribution in [3.63, 3.8) is 0 Å². The molecule has 0 saturated heterocycles. The van der Waals surface area contributed by atoms with E-state index in [1.54, 1.807) is 13.8 Å². The van der Waals surface area contributed by atoms with Gasteiger partial charge in [0.05, 0.1) is 22.3 Å². The third-order valence-corrected chi connectivity index (χ3v) is 9.72. The monoisotopic (exact) mass is 658 g/mol. The summed E-state index contributed by atoms with van der Waals surface area (Å²) in [7, 11) is 0. The molecule has 2 aromatic heterocycles. The summed E-state index contributed by atoms with van der Waals surface area (Å²) in [6.07, 6.45) is 0. The Balaban J connectivity index is 1.41. The van der Waals surface area contributed by atoms with Gasteiger partial charge >= 0.3 is 0 Å². The summed E-state index contributed by atoms with van der Waals surface area (Å²) in [5, 5.41) is 2.01. The van der Waals surface area contributed by atoms with Crippen LogP contribution in [0.25, 0.3) is 72.3 Å². The molecular weight excluding hydrogens is 616 g/mol. The summed E-state index contributed by atoms with van der Waals surface area (Å²) >= 11 is 0. The third-order valence-electron chi connectivity index (χ3n) is 9.72. The van der Waals surface area contributed by atoms with Crippen molar-refractivity contribution < 1.29 is 11.5 Å². The van der Waals surface area contributed by atoms with E-state index >= 15 is 0 Å². The first kappa shape index (κ1) is 29.4. The van der Waals surface area contributed by atoms with Crippen molar-refractivity contribution in [2.24, 2.45) is 0 Å². The molecule has 0 N–H and O–H groups in total. The molecule has 248 valence electrons. The van der Waals surface area contributed by atoms with Crippen LogP contribution in [0.3, 0.4) is 0 Å². The van der Waals surface area contributed by atoms with E-state index in [0.717, 1.165) is 77.6 Å². The summed E-state index contributed by atoms with van der Waals surface area (Å²) in [6, 6.07) is 42.4. The Labute approximate surface area is 295 Å². The fourth-order valence-electron chi connectivity index (χ4n) is 7.08. The van der Waals surface area contributed by atoms with Crippen LogP contribution in [0.1, 0.15) is 72.8 Å². The highest BCUT2D eigenvalue weighted by molar-refractivity contribution is 6.10. The fraction of sp³-hybridized carbons (Fsp3) is 0.196. The Hall–Kier alpha value is -5.48. The zero-order valence-electron chi connectivity index (χ0n) is 31.3. The van der Waals surface area contributed by atoms with Gasteiger partial charge in [0.15, 0.2) is 0 Å². The molecule has 3 nitrogen and oxygen atoms in total. The first-order chi connectivity index (χ1) is 24.7. The van der Waals surface area contributed by atoms with Gasteiger partial charge in [-0.05, 0) is 107 Å². The molecule has 0 fully saturated rings. The first-order valence-corrected chi connectivity index (χ1v) is 17.2. The van der Waals surface area contributed by atoms with Crippen LogP contribution < -0.4 is 0 Å². The topological polar surface area (TPSA) is 31.0 Å². The molecule has 4 heteroatoms. The van der Waals surface area contributed by atoms with E-state index in [-0.39, 0.29) is 0 Å². The largest absolute Gasteiger partial charge is 0.455 e. The molecular formula is C46H41FN2O. The number of rotatable bonds is 7. The Morgan fingerprint density at radius 1 is 0.660 bits per heavy atom. The lowest BCUT2D eigenvalue weighted by Gasteiger charge is -2.24. The number of hydrogen-bond donors (Lipinski definition) is 0. The van der Waals surface area contributed by atoms with Crippen molar-refractivity contribution in [2.45, 2.75) is 59.0 Å². The summed E-state index contributed by atoms with van der Waals surface area (Å²) in [5.41, 5.74) is 9.38. The van der Waals surface area contributed by atoms with Crippen molar-refractivity contribution in [1.82, 2.24) is 9.55 Å². The van der Waals surface area contributed by atoms with E-state index in [4.69, 9.17) is 9.40 Å². The van der Waals surface area contributed by atoms with Gasteiger partial charge in [-0.3, -0.25) is 4.57 Å². The van der Waals surface area contributed by atoms with Crippen LogP contribution in [0.5, 0.6) is 0 Å². The van der Waals surface area contributed by atoms with Crippen LogP contribution in [0, 0.1) is 0 Å². The van der Waals surface area contributed by atoms with Gasteiger partial charge in [-0.2, -0.15) is 0 Å². The number of fused-ring (bicyclic) bond motifs is 4. The van der Waals surface area contributed by atoms with Gasteiger partial charge in [-0.1, -0.05) is 113 Å². The number of aromatic nitrogens is 2. The second-order valence-corrected chi connectivity index (χ2v) is 14.1. The normalized spacial score (nSPS) is 13.3. The first-order valence-electron chi connectivity index (χ1n) is 18.2. The Kier molecular flexibility index (Phi) is 7.14. The lowest BCUT2D eigenvalue weighted by Crippen LogP contribution is -2.10. The SMILES string of the molecule is [2H]C(C)(C)c1cc(-c2ccc(C(C)(C)F)cc2)cc(C([2H])(C)C)c1-n1c(-c2cccc3c2oc2cc(-c4ccccc4)ccc23)nc2ccccc21. The number of halogens is 1. The molecule has 0 amide bonds. The maximum atomic E-state index is 14.8. The number of para-hydroxylation sites is 3. The number of benzene rings is 6. The predicted octanol–water partition coefficient (Wildman–Crippen LogP) is 13.4. The van der Waals surface area contributed by atoms with Crippen LogP contribution in [0.4, 0.5) is 4.39 Å². The second-order valence-electron chi connectivity index (χ2n) is 14.1. The minimum Gasteiger partial charge on any atom is -0.455 e. The van der Waals surface area contributed by atoms with E-state index in [0.29, 0.717) is 11.4 Å². The maximum absolute atomic E-state index is 14.8. The highest BCUT2D eigenvalue weighted by Crippen LogP contribution is 2.43. The number of hydrogen-bond acceptors (Lipinski definition) is 2. The van der Waals surface area contributed by atoms with Crippen LogP contribution in [0.2, 0.25) is 0 Å². The molecule has 8 aromatic rings. The maximum Gasteiger partial charge on any atom is 0.149 e. The molecule has 0 atom stereocenters. The lowest BCUT2D eigenvalue weighted by atomic mass is 9.87. The molecule has 8 rings (SSSR count). The van der Waals surface area contributed by atoms with Crippen molar-refractivity contribution in [3.8, 4) is 39.3 Å². The standard InChI is InChI=1S/C46H41FN2O/c1-28(2)38-25-33(31-19-22-34(23-20-31)46(5,6)47)26-39(29(3)4)43(38)49-41-18-11-10-17-40(41)48-45(49)37-16-12-15-36-35-24-21-32(27-42(35)50-44(36)37)30-13-8-7-9-14-30/h7-29H,1-6H3/i28D,29D. The predicted molar refractivity (Wildman–Crippen MR) is 207 cm³/mol. The van der Waals surface area contributed by atoms with Crippen LogP contribution >= 0.6 is 0 Å². The van der Waals surface area contributed by atoms with Gasteiger partial charge in [0.2, 0.25) is 0 Å². The highest BCUT2D eigenvalue weighted by atomic mass is 19.1. The average Bonchev–Trinajstić information content (AvgIpc) is 3.68. The lowest BCUT2D eigenvalue weighted by molar-refractivity contribution is 0.221. The zero-order chi connectivity index (χ0) is 36.6. The highest BCUT2D eigenvalue weighted by Gasteiger charge is 2.26. The van der Waals surface area contributed by atoms with Gasteiger partial charge < -0.3 is 4.42 Å². The van der Waals surface area contributed by atoms with E-state index < -0.39 is 17.5 Å². The molecule has 50 heavy (non-hydrogen) atoms. The quantitative estimate of drug-likeness (QED) is 0.171. The molecule has 0 aliphatic carbocycles. The van der Waals surface area contributed by atoms with Crippen molar-refractivity contribution in [1.29, 1.82) is 0 Å². The molecule has 2 heterocycles. The number of alkyl halides is 1. The number of imidazole rings is 1. The van der Waals surface area contributed by atoms with Gasteiger partial charge in [0.25, 0.3) is 0 Å². The van der Waals surface area contributed by atoms with Gasteiger partial charge in [-0.25, -0.2) is 9.37 Å². The second kappa shape index (κ2) is 12.1. The minimum absolute atomic E-state index is 0.598.